The van der Waals surface area contributed by atoms with Crippen molar-refractivity contribution in [1.82, 2.24) is 4.90 Å². The number of hydrogen-bond acceptors (Lipinski definition) is 3. The lowest BCUT2D eigenvalue weighted by Crippen LogP contribution is -2.29. The van der Waals surface area contributed by atoms with Gasteiger partial charge >= 0.3 is 0 Å². The van der Waals surface area contributed by atoms with Crippen LogP contribution in [0.3, 0.4) is 0 Å². The number of benzene rings is 2. The molecule has 2 aromatic carbocycles. The molecule has 0 radical (unpaired) electrons. The van der Waals surface area contributed by atoms with Crippen molar-refractivity contribution in [2.45, 2.75) is 46.1 Å². The quantitative estimate of drug-likeness (QED) is 0.760. The Bertz CT molecular complexity index is 871. The molecule has 0 N–H and O–H groups in total. The van der Waals surface area contributed by atoms with Crippen LogP contribution in [0, 0.1) is 11.3 Å². The Kier molecular flexibility index (Phi) is 4.65. The Hall–Kier alpha value is -2.93. The number of carbonyl (C=O) groups is 2. The molecule has 26 heavy (non-hydrogen) atoms. The molecule has 1 heterocycles. The molecule has 2 aromatic rings. The fraction of sp³-hybridized carbons (Fsp3) is 0.318. The first-order chi connectivity index (χ1) is 12.3. The van der Waals surface area contributed by atoms with Gasteiger partial charge in [0.2, 0.25) is 0 Å². The van der Waals surface area contributed by atoms with Crippen molar-refractivity contribution in [3.8, 4) is 6.07 Å². The van der Waals surface area contributed by atoms with Crippen LogP contribution in [0.1, 0.15) is 82.5 Å². The van der Waals surface area contributed by atoms with Crippen LogP contribution in [0.4, 0.5) is 0 Å². The van der Waals surface area contributed by atoms with Crippen LogP contribution in [-0.4, -0.2) is 16.7 Å². The van der Waals surface area contributed by atoms with Crippen LogP contribution in [0.25, 0.3) is 0 Å². The maximum absolute atomic E-state index is 12.6. The molecule has 0 aromatic heterocycles. The molecular weight excluding hydrogens is 324 g/mol. The molecule has 0 spiro atoms. The summed E-state index contributed by atoms with van der Waals surface area (Å²) in [5, 5.41) is 9.61. The number of imide groups is 1. The Balaban J connectivity index is 2.03. The fourth-order valence-electron chi connectivity index (χ4n) is 3.45. The average molecular weight is 346 g/mol. The number of nitriles is 1. The lowest BCUT2D eigenvalue weighted by atomic mass is 9.87. The standard InChI is InChI=1S/C22H22N2O2/c1-13(2)18-9-15(10-19(14(3)4)20(18)11-23)12-24-21(25)16-7-5-6-8-17(16)22(24)26/h5-10,13-14H,12H2,1-4H3. The number of hydrogen-bond donors (Lipinski definition) is 0. The van der Waals surface area contributed by atoms with Crippen LogP contribution >= 0.6 is 0 Å². The van der Waals surface area contributed by atoms with Gasteiger partial charge in [0.1, 0.15) is 0 Å². The summed E-state index contributed by atoms with van der Waals surface area (Å²) in [6.45, 7) is 8.41. The highest BCUT2D eigenvalue weighted by Crippen LogP contribution is 2.31. The molecule has 4 nitrogen and oxygen atoms in total. The van der Waals surface area contributed by atoms with E-state index in [2.05, 4.69) is 6.07 Å². The van der Waals surface area contributed by atoms with Gasteiger partial charge in [-0.05, 0) is 40.7 Å². The highest BCUT2D eigenvalue weighted by molar-refractivity contribution is 6.21. The van der Waals surface area contributed by atoms with Crippen LogP contribution in [0.15, 0.2) is 36.4 Å². The van der Waals surface area contributed by atoms with Gasteiger partial charge in [-0.1, -0.05) is 52.0 Å². The van der Waals surface area contributed by atoms with E-state index < -0.39 is 0 Å². The van der Waals surface area contributed by atoms with E-state index >= 15 is 0 Å². The Morgan fingerprint density at radius 3 is 1.77 bits per heavy atom. The molecule has 2 amide bonds. The van der Waals surface area contributed by atoms with E-state index in [0.717, 1.165) is 16.7 Å². The van der Waals surface area contributed by atoms with E-state index in [1.54, 1.807) is 24.3 Å². The minimum atomic E-state index is -0.257. The Labute approximate surface area is 154 Å². The first kappa shape index (κ1) is 17.9. The number of rotatable bonds is 4. The summed E-state index contributed by atoms with van der Waals surface area (Å²) in [6, 6.07) is 13.2. The monoisotopic (exact) mass is 346 g/mol. The van der Waals surface area contributed by atoms with Crippen molar-refractivity contribution >= 4 is 11.8 Å². The summed E-state index contributed by atoms with van der Waals surface area (Å²) in [4.78, 5) is 26.5. The molecule has 0 saturated heterocycles. The zero-order valence-electron chi connectivity index (χ0n) is 15.5. The second-order valence-electron chi connectivity index (χ2n) is 7.31. The summed E-state index contributed by atoms with van der Waals surface area (Å²) in [5.74, 6) is -0.145. The highest BCUT2D eigenvalue weighted by Gasteiger charge is 2.35. The molecular formula is C22H22N2O2. The third-order valence-electron chi connectivity index (χ3n) is 4.83. The van der Waals surface area contributed by atoms with Crippen LogP contribution in [-0.2, 0) is 6.54 Å². The van der Waals surface area contributed by atoms with Gasteiger partial charge in [0.25, 0.3) is 11.8 Å². The van der Waals surface area contributed by atoms with Gasteiger partial charge in [-0.15, -0.1) is 0 Å². The summed E-state index contributed by atoms with van der Waals surface area (Å²) >= 11 is 0. The summed E-state index contributed by atoms with van der Waals surface area (Å²) in [7, 11) is 0. The van der Waals surface area contributed by atoms with Crippen molar-refractivity contribution in [2.75, 3.05) is 0 Å². The van der Waals surface area contributed by atoms with E-state index in [1.807, 2.05) is 39.8 Å². The van der Waals surface area contributed by atoms with Gasteiger partial charge in [0.15, 0.2) is 0 Å². The topological polar surface area (TPSA) is 61.2 Å². The molecule has 0 fully saturated rings. The van der Waals surface area contributed by atoms with Gasteiger partial charge in [-0.25, -0.2) is 0 Å². The van der Waals surface area contributed by atoms with E-state index in [1.165, 1.54) is 4.90 Å². The zero-order chi connectivity index (χ0) is 19.0. The minimum Gasteiger partial charge on any atom is -0.270 e. The van der Waals surface area contributed by atoms with Crippen LogP contribution < -0.4 is 0 Å². The van der Waals surface area contributed by atoms with Gasteiger partial charge in [-0.3, -0.25) is 14.5 Å². The summed E-state index contributed by atoms with van der Waals surface area (Å²) in [5.41, 5.74) is 4.43. The molecule has 0 atom stereocenters. The molecule has 0 aliphatic carbocycles. The van der Waals surface area contributed by atoms with Crippen molar-refractivity contribution in [2.24, 2.45) is 0 Å². The molecule has 0 saturated carbocycles. The number of nitrogens with zero attached hydrogens (tertiary/aromatic N) is 2. The smallest absolute Gasteiger partial charge is 0.261 e. The van der Waals surface area contributed by atoms with Gasteiger partial charge < -0.3 is 0 Å². The lowest BCUT2D eigenvalue weighted by Gasteiger charge is -2.20. The van der Waals surface area contributed by atoms with E-state index in [9.17, 15) is 14.9 Å². The first-order valence-electron chi connectivity index (χ1n) is 8.87. The first-order valence-corrected chi connectivity index (χ1v) is 8.87. The number of carbonyl (C=O) groups excluding carboxylic acids is 2. The fourth-order valence-corrected chi connectivity index (χ4v) is 3.45. The number of fused-ring (bicyclic) bond motifs is 1. The predicted molar refractivity (Wildman–Crippen MR) is 100.0 cm³/mol. The van der Waals surface area contributed by atoms with Crippen molar-refractivity contribution in [1.29, 1.82) is 5.26 Å². The molecule has 1 aliphatic rings. The SMILES string of the molecule is CC(C)c1cc(CN2C(=O)c3ccccc3C2=O)cc(C(C)C)c1C#N. The summed E-state index contributed by atoms with van der Waals surface area (Å²) in [6.07, 6.45) is 0. The Morgan fingerprint density at radius 1 is 0.923 bits per heavy atom. The molecule has 4 heteroatoms. The molecule has 1 aliphatic heterocycles. The van der Waals surface area contributed by atoms with Crippen LogP contribution in [0.5, 0.6) is 0 Å². The third kappa shape index (κ3) is 2.90. The normalized spacial score (nSPS) is 13.5. The van der Waals surface area contributed by atoms with Crippen molar-refractivity contribution < 1.29 is 9.59 Å². The van der Waals surface area contributed by atoms with Gasteiger partial charge in [0, 0.05) is 0 Å². The van der Waals surface area contributed by atoms with Gasteiger partial charge in [-0.2, -0.15) is 5.26 Å². The predicted octanol–water partition coefficient (Wildman–Crippen LogP) is 4.60. The maximum atomic E-state index is 12.6. The van der Waals surface area contributed by atoms with Crippen molar-refractivity contribution in [3.63, 3.8) is 0 Å². The second-order valence-corrected chi connectivity index (χ2v) is 7.31. The van der Waals surface area contributed by atoms with E-state index in [4.69, 9.17) is 0 Å². The van der Waals surface area contributed by atoms with E-state index in [0.29, 0.717) is 16.7 Å². The second kappa shape index (κ2) is 6.76. The lowest BCUT2D eigenvalue weighted by molar-refractivity contribution is 0.0642. The molecule has 0 unspecified atom stereocenters. The van der Waals surface area contributed by atoms with Crippen LogP contribution in [0.2, 0.25) is 0 Å². The average Bonchev–Trinajstić information content (AvgIpc) is 2.86. The highest BCUT2D eigenvalue weighted by atomic mass is 16.2. The zero-order valence-corrected chi connectivity index (χ0v) is 15.5. The molecule has 0 bridgehead atoms. The largest absolute Gasteiger partial charge is 0.270 e. The number of amides is 2. The molecule has 3 rings (SSSR count). The third-order valence-corrected chi connectivity index (χ3v) is 4.83. The minimum absolute atomic E-state index is 0.185. The van der Waals surface area contributed by atoms with Gasteiger partial charge in [0.05, 0.1) is 29.3 Å². The van der Waals surface area contributed by atoms with Crippen molar-refractivity contribution in [3.05, 3.63) is 69.8 Å². The Morgan fingerprint density at radius 2 is 1.38 bits per heavy atom. The maximum Gasteiger partial charge on any atom is 0.261 e. The van der Waals surface area contributed by atoms with E-state index in [-0.39, 0.29) is 30.2 Å². The summed E-state index contributed by atoms with van der Waals surface area (Å²) < 4.78 is 0. The molecule has 132 valence electrons.